The second-order valence-electron chi connectivity index (χ2n) is 10.7. The molecule has 1 spiro atoms. The van der Waals surface area contributed by atoms with E-state index >= 15 is 0 Å². The van der Waals surface area contributed by atoms with Crippen LogP contribution in [0.25, 0.3) is 0 Å². The first-order valence-electron chi connectivity index (χ1n) is 13.9. The van der Waals surface area contributed by atoms with Crippen molar-refractivity contribution in [3.05, 3.63) is 58.7 Å². The molecule has 0 atom stereocenters. The molecule has 4 rings (SSSR count). The lowest BCUT2D eigenvalue weighted by Crippen LogP contribution is -2.56. The number of rotatable bonds is 0. The molecular formula is C33H56O2. The van der Waals surface area contributed by atoms with Crippen LogP contribution in [0.3, 0.4) is 0 Å². The largest absolute Gasteiger partial charge is 0.508 e. The van der Waals surface area contributed by atoms with Gasteiger partial charge in [0.15, 0.2) is 0 Å². The van der Waals surface area contributed by atoms with Gasteiger partial charge in [0, 0.05) is 5.41 Å². The van der Waals surface area contributed by atoms with Crippen molar-refractivity contribution >= 4 is 0 Å². The monoisotopic (exact) mass is 484 g/mol. The lowest BCUT2D eigenvalue weighted by atomic mass is 9.46. The van der Waals surface area contributed by atoms with Gasteiger partial charge in [-0.1, -0.05) is 123 Å². The van der Waals surface area contributed by atoms with Gasteiger partial charge in [0.1, 0.15) is 11.5 Å². The molecule has 0 aliphatic heterocycles. The maximum absolute atomic E-state index is 10.4. The number of fused-ring (bicyclic) bond motifs is 4. The van der Waals surface area contributed by atoms with Gasteiger partial charge in [0.25, 0.3) is 0 Å². The van der Waals surface area contributed by atoms with E-state index in [2.05, 4.69) is 67.5 Å². The SMILES string of the molecule is CC.CC.CC.CC.CC1(C)c2ccc(O)cc2C2(c3cc(O)ccc3C(C)(C)C2(C)C)C1(C)C. The van der Waals surface area contributed by atoms with E-state index in [1.807, 2.05) is 79.7 Å². The van der Waals surface area contributed by atoms with Gasteiger partial charge in [0.05, 0.1) is 0 Å². The van der Waals surface area contributed by atoms with Gasteiger partial charge < -0.3 is 10.2 Å². The molecular weight excluding hydrogens is 428 g/mol. The van der Waals surface area contributed by atoms with E-state index in [9.17, 15) is 10.2 Å². The van der Waals surface area contributed by atoms with Gasteiger partial charge >= 0.3 is 0 Å². The van der Waals surface area contributed by atoms with Crippen molar-refractivity contribution in [2.24, 2.45) is 10.8 Å². The highest BCUT2D eigenvalue weighted by atomic mass is 16.3. The highest BCUT2D eigenvalue weighted by molar-refractivity contribution is 5.66. The summed E-state index contributed by atoms with van der Waals surface area (Å²) in [7, 11) is 0. The molecule has 0 unspecified atom stereocenters. The summed E-state index contributed by atoms with van der Waals surface area (Å²) in [4.78, 5) is 0. The van der Waals surface area contributed by atoms with E-state index in [0.717, 1.165) is 0 Å². The Balaban J connectivity index is 0.00000132. The third kappa shape index (κ3) is 4.09. The Morgan fingerprint density at radius 3 is 0.943 bits per heavy atom. The molecule has 0 fully saturated rings. The zero-order chi connectivity index (χ0) is 28.2. The molecule has 2 nitrogen and oxygen atoms in total. The molecule has 0 radical (unpaired) electrons. The minimum Gasteiger partial charge on any atom is -0.508 e. The van der Waals surface area contributed by atoms with Crippen LogP contribution in [0.2, 0.25) is 0 Å². The molecule has 2 heteroatoms. The van der Waals surface area contributed by atoms with E-state index in [-0.39, 0.29) is 27.1 Å². The maximum Gasteiger partial charge on any atom is 0.115 e. The first-order valence-corrected chi connectivity index (χ1v) is 13.9. The number of hydrogen-bond acceptors (Lipinski definition) is 2. The lowest BCUT2D eigenvalue weighted by Gasteiger charge is -2.56. The molecule has 0 bridgehead atoms. The number of phenolic OH excluding ortho intramolecular Hbond substituents is 2. The summed E-state index contributed by atoms with van der Waals surface area (Å²) in [6.45, 7) is 34.7. The summed E-state index contributed by atoms with van der Waals surface area (Å²) in [5.74, 6) is 0.618. The molecule has 35 heavy (non-hydrogen) atoms. The van der Waals surface area contributed by atoms with Gasteiger partial charge in [0.2, 0.25) is 0 Å². The normalized spacial score (nSPS) is 19.7. The van der Waals surface area contributed by atoms with Crippen LogP contribution in [0.15, 0.2) is 36.4 Å². The van der Waals surface area contributed by atoms with Crippen molar-refractivity contribution in [3.8, 4) is 11.5 Å². The van der Waals surface area contributed by atoms with Crippen LogP contribution in [-0.4, -0.2) is 10.2 Å². The Bertz CT molecular complexity index is 882. The van der Waals surface area contributed by atoms with Crippen molar-refractivity contribution in [3.63, 3.8) is 0 Å². The summed E-state index contributed by atoms with van der Waals surface area (Å²) < 4.78 is 0. The fourth-order valence-electron chi connectivity index (χ4n) is 6.66. The van der Waals surface area contributed by atoms with E-state index < -0.39 is 0 Å². The zero-order valence-corrected chi connectivity index (χ0v) is 25.9. The molecule has 2 N–H and O–H groups in total. The van der Waals surface area contributed by atoms with Crippen molar-refractivity contribution in [2.75, 3.05) is 0 Å². The van der Waals surface area contributed by atoms with Crippen molar-refractivity contribution in [1.29, 1.82) is 0 Å². The summed E-state index contributed by atoms with van der Waals surface area (Å²) in [6, 6.07) is 11.8. The maximum atomic E-state index is 10.4. The predicted molar refractivity (Wildman–Crippen MR) is 156 cm³/mol. The van der Waals surface area contributed by atoms with Crippen molar-refractivity contribution in [1.82, 2.24) is 0 Å². The lowest BCUT2D eigenvalue weighted by molar-refractivity contribution is 0.00828. The van der Waals surface area contributed by atoms with Crippen LogP contribution in [0.4, 0.5) is 0 Å². The molecule has 200 valence electrons. The molecule has 2 aromatic rings. The second kappa shape index (κ2) is 11.4. The smallest absolute Gasteiger partial charge is 0.115 e. The summed E-state index contributed by atoms with van der Waals surface area (Å²) in [5.41, 5.74) is 4.25. The first-order chi connectivity index (χ1) is 16.2. The molecule has 2 aliphatic rings. The Morgan fingerprint density at radius 1 is 0.429 bits per heavy atom. The molecule has 0 amide bonds. The van der Waals surface area contributed by atoms with Crippen LogP contribution in [-0.2, 0) is 16.2 Å². The van der Waals surface area contributed by atoms with E-state index in [1.54, 1.807) is 0 Å². The number of benzene rings is 2. The molecule has 0 saturated carbocycles. The van der Waals surface area contributed by atoms with E-state index in [1.165, 1.54) is 22.3 Å². The average molecular weight is 485 g/mol. The Kier molecular flexibility index (Phi) is 10.8. The molecule has 2 aromatic carbocycles. The van der Waals surface area contributed by atoms with Gasteiger partial charge in [-0.15, -0.1) is 0 Å². The van der Waals surface area contributed by atoms with Crippen LogP contribution in [0.1, 0.15) is 133 Å². The third-order valence-corrected chi connectivity index (χ3v) is 9.16. The first kappa shape index (κ1) is 33.0. The molecule has 0 aromatic heterocycles. The Hall–Kier alpha value is -1.96. The summed E-state index contributed by atoms with van der Waals surface area (Å²) in [6.07, 6.45) is 0. The minimum absolute atomic E-state index is 0.0869. The van der Waals surface area contributed by atoms with Crippen LogP contribution < -0.4 is 0 Å². The summed E-state index contributed by atoms with van der Waals surface area (Å²) in [5, 5.41) is 20.9. The quantitative estimate of drug-likeness (QED) is 0.390. The highest BCUT2D eigenvalue weighted by Gasteiger charge is 2.74. The van der Waals surface area contributed by atoms with Gasteiger partial charge in [-0.3, -0.25) is 0 Å². The molecule has 0 heterocycles. The highest BCUT2D eigenvalue weighted by Crippen LogP contribution is 2.77. The molecule has 2 aliphatic carbocycles. The number of hydrogen-bond donors (Lipinski definition) is 2. The topological polar surface area (TPSA) is 40.5 Å². The van der Waals surface area contributed by atoms with Gasteiger partial charge in [-0.05, 0) is 68.2 Å². The van der Waals surface area contributed by atoms with E-state index in [0.29, 0.717) is 11.5 Å². The average Bonchev–Trinajstić information content (AvgIpc) is 3.06. The van der Waals surface area contributed by atoms with Crippen LogP contribution >= 0.6 is 0 Å². The second-order valence-corrected chi connectivity index (χ2v) is 10.7. The zero-order valence-electron chi connectivity index (χ0n) is 25.9. The predicted octanol–water partition coefficient (Wildman–Crippen LogP) is 10.1. The third-order valence-electron chi connectivity index (χ3n) is 9.16. The minimum atomic E-state index is -0.324. The fourth-order valence-corrected chi connectivity index (χ4v) is 6.66. The summed E-state index contributed by atoms with van der Waals surface area (Å²) >= 11 is 0. The number of phenols is 2. The van der Waals surface area contributed by atoms with Crippen LogP contribution in [0.5, 0.6) is 11.5 Å². The van der Waals surface area contributed by atoms with Crippen molar-refractivity contribution < 1.29 is 10.2 Å². The Labute approximate surface area is 218 Å². The van der Waals surface area contributed by atoms with E-state index in [4.69, 9.17) is 0 Å². The number of aromatic hydroxyl groups is 2. The standard InChI is InChI=1S/C25H32O2.4C2H6/c1-21(2)17-11-9-15(26)13-19(17)25(23(21,5)6)20-14-16(27)10-12-18(20)22(3,4)24(25,7)8;4*1-2/h9-14,26-27H,1-8H3;4*1-2H3. The Morgan fingerprint density at radius 2 is 0.686 bits per heavy atom. The van der Waals surface area contributed by atoms with Gasteiger partial charge in [-0.25, -0.2) is 0 Å². The van der Waals surface area contributed by atoms with Crippen molar-refractivity contribution in [2.45, 2.75) is 127 Å². The fraction of sp³-hybridized carbons (Fsp3) is 0.636. The van der Waals surface area contributed by atoms with Crippen LogP contribution in [0, 0.1) is 10.8 Å². The molecule has 0 saturated heterocycles. The van der Waals surface area contributed by atoms with Gasteiger partial charge in [-0.2, -0.15) is 0 Å².